The molecular formula is C23H26N4O4S. The van der Waals surface area contributed by atoms with Gasteiger partial charge in [-0.1, -0.05) is 18.2 Å². The molecule has 168 valence electrons. The van der Waals surface area contributed by atoms with Gasteiger partial charge in [-0.3, -0.25) is 4.79 Å². The molecule has 9 heteroatoms. The van der Waals surface area contributed by atoms with Gasteiger partial charge in [-0.25, -0.2) is 13.4 Å². The predicted molar refractivity (Wildman–Crippen MR) is 120 cm³/mol. The van der Waals surface area contributed by atoms with Gasteiger partial charge < -0.3 is 14.6 Å². The number of sulfonamides is 1. The number of carbonyl (C=O) groups is 1. The molecule has 8 nitrogen and oxygen atoms in total. The molecule has 1 aliphatic heterocycles. The molecule has 1 N–H and O–H groups in total. The molecule has 1 aliphatic rings. The van der Waals surface area contributed by atoms with Gasteiger partial charge >= 0.3 is 0 Å². The molecule has 0 bridgehead atoms. The van der Waals surface area contributed by atoms with Gasteiger partial charge in [-0.05, 0) is 49.2 Å². The summed E-state index contributed by atoms with van der Waals surface area (Å²) in [7, 11) is -3.68. The average Bonchev–Trinajstić information content (AvgIpc) is 3.35. The molecule has 4 rings (SSSR count). The Labute approximate surface area is 187 Å². The Morgan fingerprint density at radius 3 is 2.50 bits per heavy atom. The molecule has 0 radical (unpaired) electrons. The van der Waals surface area contributed by atoms with Crippen LogP contribution in [-0.4, -0.2) is 54.5 Å². The van der Waals surface area contributed by atoms with Crippen molar-refractivity contribution in [2.24, 2.45) is 0 Å². The maximum Gasteiger partial charge on any atom is 0.252 e. The lowest BCUT2D eigenvalue weighted by Gasteiger charge is -2.26. The van der Waals surface area contributed by atoms with Crippen LogP contribution < -0.4 is 5.32 Å². The van der Waals surface area contributed by atoms with E-state index in [1.807, 2.05) is 42.0 Å². The zero-order valence-corrected chi connectivity index (χ0v) is 18.9. The summed E-state index contributed by atoms with van der Waals surface area (Å²) in [5.41, 5.74) is 2.98. The number of amides is 1. The number of carbonyl (C=O) groups excluding carboxylic acids is 1. The number of nitrogens with one attached hydrogen (secondary N) is 1. The fourth-order valence-corrected chi connectivity index (χ4v) is 5.08. The van der Waals surface area contributed by atoms with Crippen LogP contribution in [-0.2, 0) is 14.8 Å². The van der Waals surface area contributed by atoms with Crippen LogP contribution in [0.3, 0.4) is 0 Å². The quantitative estimate of drug-likeness (QED) is 0.618. The second-order valence-corrected chi connectivity index (χ2v) is 9.69. The summed E-state index contributed by atoms with van der Waals surface area (Å²) in [6.45, 7) is 5.05. The number of rotatable bonds is 6. The highest BCUT2D eigenvalue weighted by Crippen LogP contribution is 2.22. The van der Waals surface area contributed by atoms with Gasteiger partial charge in [0.05, 0.1) is 30.5 Å². The first-order valence-electron chi connectivity index (χ1n) is 10.4. The van der Waals surface area contributed by atoms with Crippen LogP contribution in [0.25, 0.3) is 5.69 Å². The van der Waals surface area contributed by atoms with Crippen LogP contribution >= 0.6 is 0 Å². The zero-order valence-electron chi connectivity index (χ0n) is 18.1. The predicted octanol–water partition coefficient (Wildman–Crippen LogP) is 2.69. The van der Waals surface area contributed by atoms with E-state index in [-0.39, 0.29) is 16.8 Å². The third-order valence-corrected chi connectivity index (χ3v) is 7.50. The van der Waals surface area contributed by atoms with Crippen molar-refractivity contribution in [1.29, 1.82) is 0 Å². The van der Waals surface area contributed by atoms with Gasteiger partial charge in [0.25, 0.3) is 5.91 Å². The molecule has 1 atom stereocenters. The Morgan fingerprint density at radius 2 is 1.84 bits per heavy atom. The zero-order chi connectivity index (χ0) is 22.7. The maximum absolute atomic E-state index is 13.0. The normalized spacial score (nSPS) is 15.9. The summed E-state index contributed by atoms with van der Waals surface area (Å²) in [6.07, 6.45) is 5.30. The van der Waals surface area contributed by atoms with Crippen molar-refractivity contribution < 1.29 is 17.9 Å². The number of morpholine rings is 1. The Kier molecular flexibility index (Phi) is 6.40. The van der Waals surface area contributed by atoms with Crippen molar-refractivity contribution in [2.45, 2.75) is 24.8 Å². The maximum atomic E-state index is 13.0. The molecule has 0 saturated carbocycles. The van der Waals surface area contributed by atoms with Crippen LogP contribution in [0.5, 0.6) is 0 Å². The van der Waals surface area contributed by atoms with Crippen LogP contribution in [0.2, 0.25) is 0 Å². The Balaban J connectivity index is 1.51. The van der Waals surface area contributed by atoms with E-state index < -0.39 is 10.0 Å². The summed E-state index contributed by atoms with van der Waals surface area (Å²) in [5.74, 6) is -0.312. The Morgan fingerprint density at radius 1 is 1.12 bits per heavy atom. The van der Waals surface area contributed by atoms with E-state index in [0.717, 1.165) is 11.3 Å². The largest absolute Gasteiger partial charge is 0.379 e. The summed E-state index contributed by atoms with van der Waals surface area (Å²) in [4.78, 5) is 17.2. The lowest BCUT2D eigenvalue weighted by atomic mass is 10.1. The first-order valence-corrected chi connectivity index (χ1v) is 11.9. The van der Waals surface area contributed by atoms with E-state index in [0.29, 0.717) is 37.4 Å². The highest BCUT2D eigenvalue weighted by molar-refractivity contribution is 7.89. The van der Waals surface area contributed by atoms with Gasteiger partial charge in [0.1, 0.15) is 0 Å². The van der Waals surface area contributed by atoms with Crippen molar-refractivity contribution in [3.8, 4) is 5.69 Å². The third-order valence-electron chi connectivity index (χ3n) is 5.60. The first-order chi connectivity index (χ1) is 15.4. The minimum absolute atomic E-state index is 0.118. The molecule has 1 amide bonds. The molecule has 32 heavy (non-hydrogen) atoms. The third kappa shape index (κ3) is 4.59. The average molecular weight is 455 g/mol. The Bertz CT molecular complexity index is 1190. The van der Waals surface area contributed by atoms with Crippen molar-refractivity contribution in [2.75, 3.05) is 26.3 Å². The number of aryl methyl sites for hydroxylation is 1. The lowest BCUT2D eigenvalue weighted by molar-refractivity contribution is 0.0730. The standard InChI is InChI=1S/C23H26N4O4S/c1-17-3-8-21(32(29,30)27-11-13-31-14-12-27)15-22(17)23(28)25-18(2)19-4-6-20(7-5-19)26-10-9-24-16-26/h3-10,15-16,18H,11-14H2,1-2H3,(H,25,28)/t18-/m0/s1. The van der Waals surface area contributed by atoms with E-state index in [1.54, 1.807) is 31.6 Å². The van der Waals surface area contributed by atoms with Crippen molar-refractivity contribution >= 4 is 15.9 Å². The highest BCUT2D eigenvalue weighted by Gasteiger charge is 2.27. The van der Waals surface area contributed by atoms with E-state index in [1.165, 1.54) is 10.4 Å². The number of aromatic nitrogens is 2. The highest BCUT2D eigenvalue weighted by atomic mass is 32.2. The Hall–Kier alpha value is -3.01. The topological polar surface area (TPSA) is 93.5 Å². The number of ether oxygens (including phenoxy) is 1. The molecule has 0 unspecified atom stereocenters. The molecule has 0 aliphatic carbocycles. The minimum Gasteiger partial charge on any atom is -0.379 e. The van der Waals surface area contributed by atoms with E-state index in [9.17, 15) is 13.2 Å². The molecule has 1 saturated heterocycles. The molecule has 3 aromatic rings. The van der Waals surface area contributed by atoms with Crippen molar-refractivity contribution in [3.05, 3.63) is 77.9 Å². The second-order valence-electron chi connectivity index (χ2n) is 7.75. The fourth-order valence-electron chi connectivity index (χ4n) is 3.65. The van der Waals surface area contributed by atoms with Crippen molar-refractivity contribution in [3.63, 3.8) is 0 Å². The van der Waals surface area contributed by atoms with Gasteiger partial charge in [-0.2, -0.15) is 4.31 Å². The monoisotopic (exact) mass is 454 g/mol. The number of imidazole rings is 1. The van der Waals surface area contributed by atoms with Gasteiger partial charge in [0, 0.05) is 36.7 Å². The second kappa shape index (κ2) is 9.23. The van der Waals surface area contributed by atoms with Crippen molar-refractivity contribution in [1.82, 2.24) is 19.2 Å². The first kappa shape index (κ1) is 22.2. The molecule has 0 spiro atoms. The van der Waals surface area contributed by atoms with E-state index >= 15 is 0 Å². The molecule has 2 heterocycles. The number of hydrogen-bond acceptors (Lipinski definition) is 5. The molecule has 2 aromatic carbocycles. The fraction of sp³-hybridized carbons (Fsp3) is 0.304. The summed E-state index contributed by atoms with van der Waals surface area (Å²) >= 11 is 0. The SMILES string of the molecule is Cc1ccc(S(=O)(=O)N2CCOCC2)cc1C(=O)N[C@@H](C)c1ccc(-n2ccnc2)cc1. The summed E-state index contributed by atoms with van der Waals surface area (Å²) < 4.78 is 34.5. The molecular weight excluding hydrogens is 428 g/mol. The van der Waals surface area contributed by atoms with Crippen LogP contribution in [0.4, 0.5) is 0 Å². The molecule has 1 aromatic heterocycles. The van der Waals surface area contributed by atoms with Gasteiger partial charge in [0.2, 0.25) is 10.0 Å². The van der Waals surface area contributed by atoms with Gasteiger partial charge in [0.15, 0.2) is 0 Å². The van der Waals surface area contributed by atoms with Crippen LogP contribution in [0.1, 0.15) is 34.5 Å². The molecule has 1 fully saturated rings. The van der Waals surface area contributed by atoms with Gasteiger partial charge in [-0.15, -0.1) is 0 Å². The lowest BCUT2D eigenvalue weighted by Crippen LogP contribution is -2.40. The van der Waals surface area contributed by atoms with E-state index in [4.69, 9.17) is 4.74 Å². The summed E-state index contributed by atoms with van der Waals surface area (Å²) in [5, 5.41) is 2.98. The van der Waals surface area contributed by atoms with Crippen LogP contribution in [0.15, 0.2) is 66.1 Å². The number of nitrogens with zero attached hydrogens (tertiary/aromatic N) is 3. The van der Waals surface area contributed by atoms with Crippen LogP contribution in [0, 0.1) is 6.92 Å². The summed E-state index contributed by atoms with van der Waals surface area (Å²) in [6, 6.07) is 12.3. The minimum atomic E-state index is -3.68. The smallest absolute Gasteiger partial charge is 0.252 e. The van der Waals surface area contributed by atoms with E-state index in [2.05, 4.69) is 10.3 Å². The number of hydrogen-bond donors (Lipinski definition) is 1. The number of benzene rings is 2.